The Bertz CT molecular complexity index is 973. The highest BCUT2D eigenvalue weighted by Gasteiger charge is 2.48. The molecule has 11 heteroatoms. The molecule has 3 aliphatic heterocycles. The molecule has 0 radical (unpaired) electrons. The van der Waals surface area contributed by atoms with Gasteiger partial charge in [-0.05, 0) is 52.0 Å². The first kappa shape index (κ1) is 25.7. The molecule has 0 aromatic heterocycles. The largest absolute Gasteiger partial charge is 0.444 e. The van der Waals surface area contributed by atoms with E-state index in [0.717, 1.165) is 5.56 Å². The summed E-state index contributed by atoms with van der Waals surface area (Å²) >= 11 is 0. The van der Waals surface area contributed by atoms with Gasteiger partial charge in [0.2, 0.25) is 5.91 Å². The van der Waals surface area contributed by atoms with Crippen LogP contribution in [-0.4, -0.2) is 76.1 Å². The van der Waals surface area contributed by atoms with Gasteiger partial charge in [0.15, 0.2) is 0 Å². The van der Waals surface area contributed by atoms with Gasteiger partial charge >= 0.3 is 12.1 Å². The molecule has 0 saturated carbocycles. The van der Waals surface area contributed by atoms with E-state index in [-0.39, 0.29) is 36.6 Å². The maximum absolute atomic E-state index is 12.9. The second-order valence-electron chi connectivity index (χ2n) is 10.5. The van der Waals surface area contributed by atoms with Crippen LogP contribution in [0.1, 0.15) is 52.0 Å². The lowest BCUT2D eigenvalue weighted by Gasteiger charge is -2.33. The number of amides is 5. The smallest absolute Gasteiger partial charge is 0.410 e. The van der Waals surface area contributed by atoms with Crippen LogP contribution in [0.25, 0.3) is 0 Å². The predicted molar refractivity (Wildman–Crippen MR) is 129 cm³/mol. The molecule has 2 N–H and O–H groups in total. The van der Waals surface area contributed by atoms with E-state index in [1.165, 1.54) is 9.96 Å². The lowest BCUT2D eigenvalue weighted by Crippen LogP contribution is -2.55. The van der Waals surface area contributed by atoms with Crippen molar-refractivity contribution >= 4 is 23.9 Å². The number of ether oxygens (including phenoxy) is 1. The third-order valence-electron chi connectivity index (χ3n) is 6.66. The van der Waals surface area contributed by atoms with Gasteiger partial charge in [0, 0.05) is 25.6 Å². The summed E-state index contributed by atoms with van der Waals surface area (Å²) in [6, 6.07) is 8.47. The first-order valence-electron chi connectivity index (χ1n) is 12.5. The molecule has 4 rings (SSSR count). The van der Waals surface area contributed by atoms with Crippen molar-refractivity contribution in [1.29, 1.82) is 0 Å². The summed E-state index contributed by atoms with van der Waals surface area (Å²) in [5.74, 6) is -1.05. The van der Waals surface area contributed by atoms with E-state index >= 15 is 0 Å². The molecule has 2 bridgehead atoms. The number of nitrogens with one attached hydrogen (secondary N) is 2. The van der Waals surface area contributed by atoms with E-state index < -0.39 is 17.6 Å². The van der Waals surface area contributed by atoms with Gasteiger partial charge in [-0.1, -0.05) is 30.3 Å². The van der Waals surface area contributed by atoms with Crippen molar-refractivity contribution in [1.82, 2.24) is 25.7 Å². The van der Waals surface area contributed by atoms with Crippen LogP contribution in [0.15, 0.2) is 30.3 Å². The summed E-state index contributed by atoms with van der Waals surface area (Å²) < 4.78 is 5.38. The van der Waals surface area contributed by atoms with Crippen LogP contribution >= 0.6 is 0 Å². The number of fused-ring (bicyclic) bond motifs is 2. The zero-order valence-electron chi connectivity index (χ0n) is 21.1. The Morgan fingerprint density at radius 2 is 1.64 bits per heavy atom. The Balaban J connectivity index is 1.22. The van der Waals surface area contributed by atoms with E-state index in [2.05, 4.69) is 10.9 Å². The van der Waals surface area contributed by atoms with E-state index in [0.29, 0.717) is 45.3 Å². The second-order valence-corrected chi connectivity index (χ2v) is 10.5. The van der Waals surface area contributed by atoms with Crippen LogP contribution in [0, 0.1) is 5.92 Å². The van der Waals surface area contributed by atoms with E-state index in [1.807, 2.05) is 51.1 Å². The Hall–Kier alpha value is -3.34. The highest BCUT2D eigenvalue weighted by atomic mass is 16.7. The Morgan fingerprint density at radius 3 is 2.31 bits per heavy atom. The van der Waals surface area contributed by atoms with Gasteiger partial charge in [-0.3, -0.25) is 25.3 Å². The first-order valence-corrected chi connectivity index (χ1v) is 12.5. The number of hydrogen-bond acceptors (Lipinski definition) is 6. The maximum atomic E-state index is 12.9. The minimum Gasteiger partial charge on any atom is -0.444 e. The molecular formula is C25H35N5O6. The Labute approximate surface area is 211 Å². The van der Waals surface area contributed by atoms with Crippen molar-refractivity contribution < 1.29 is 28.8 Å². The van der Waals surface area contributed by atoms with Crippen molar-refractivity contribution in [3.8, 4) is 0 Å². The summed E-state index contributed by atoms with van der Waals surface area (Å²) in [6.07, 6.45) is 1.68. The van der Waals surface area contributed by atoms with Crippen molar-refractivity contribution in [3.05, 3.63) is 35.9 Å². The Morgan fingerprint density at radius 1 is 0.972 bits per heavy atom. The van der Waals surface area contributed by atoms with Crippen molar-refractivity contribution in [3.63, 3.8) is 0 Å². The lowest BCUT2D eigenvalue weighted by molar-refractivity contribution is -0.140. The molecule has 0 spiro atoms. The molecule has 36 heavy (non-hydrogen) atoms. The third kappa shape index (κ3) is 6.07. The van der Waals surface area contributed by atoms with Crippen LogP contribution in [0.2, 0.25) is 0 Å². The summed E-state index contributed by atoms with van der Waals surface area (Å²) in [4.78, 5) is 59.4. The molecule has 1 aromatic rings. The van der Waals surface area contributed by atoms with E-state index in [1.54, 1.807) is 4.90 Å². The molecule has 2 atom stereocenters. The van der Waals surface area contributed by atoms with Crippen LogP contribution in [0.3, 0.4) is 0 Å². The zero-order chi connectivity index (χ0) is 25.9. The number of hydroxylamine groups is 2. The van der Waals surface area contributed by atoms with E-state index in [4.69, 9.17) is 9.57 Å². The van der Waals surface area contributed by atoms with Crippen molar-refractivity contribution in [2.75, 3.05) is 19.6 Å². The number of benzene rings is 1. The van der Waals surface area contributed by atoms with Gasteiger partial charge in [-0.25, -0.2) is 9.59 Å². The minimum atomic E-state index is -0.673. The summed E-state index contributed by atoms with van der Waals surface area (Å²) in [7, 11) is 0. The number of hydrogen-bond donors (Lipinski definition) is 2. The zero-order valence-corrected chi connectivity index (χ0v) is 21.1. The number of nitrogens with zero attached hydrogens (tertiary/aromatic N) is 3. The molecule has 3 aliphatic rings. The maximum Gasteiger partial charge on any atom is 0.410 e. The molecule has 196 valence electrons. The average molecular weight is 502 g/mol. The number of carbonyl (C=O) groups is 4. The fraction of sp³-hybridized carbons (Fsp3) is 0.600. The third-order valence-corrected chi connectivity index (χ3v) is 6.66. The summed E-state index contributed by atoms with van der Waals surface area (Å²) in [5, 5.41) is 1.37. The summed E-state index contributed by atoms with van der Waals surface area (Å²) in [5.41, 5.74) is 5.38. The quantitative estimate of drug-likeness (QED) is 0.597. The molecule has 1 aromatic carbocycles. The standard InChI is InChI=1S/C25H35N5O6/c1-25(2,3)36-24(34)28-13-11-18(12-14-28)21(31)26-27-22(32)20-10-9-19-15-29(20)23(33)30(19)35-16-17-7-5-4-6-8-17/h4-8,18-20H,9-16H2,1-3H3,(H,26,31)(H,27,32)/t19-,20+/m1/s1. The molecule has 3 heterocycles. The minimum absolute atomic E-state index is 0.102. The molecular weight excluding hydrogens is 466 g/mol. The lowest BCUT2D eigenvalue weighted by atomic mass is 9.96. The van der Waals surface area contributed by atoms with Gasteiger partial charge in [-0.2, -0.15) is 5.06 Å². The van der Waals surface area contributed by atoms with Crippen LogP contribution in [0.4, 0.5) is 9.59 Å². The van der Waals surface area contributed by atoms with Crippen LogP contribution < -0.4 is 10.9 Å². The SMILES string of the molecule is CC(C)(C)OC(=O)N1CCC(C(=O)NNC(=O)[C@@H]2CC[C@@H]3CN2C(=O)N3OCc2ccccc2)CC1. The van der Waals surface area contributed by atoms with Gasteiger partial charge in [-0.15, -0.1) is 0 Å². The van der Waals surface area contributed by atoms with Gasteiger partial charge < -0.3 is 14.5 Å². The molecule has 3 saturated heterocycles. The Kier molecular flexibility index (Phi) is 7.67. The monoisotopic (exact) mass is 501 g/mol. The number of piperidine rings is 2. The molecule has 0 unspecified atom stereocenters. The normalized spacial score (nSPS) is 22.4. The summed E-state index contributed by atoms with van der Waals surface area (Å²) in [6.45, 7) is 6.93. The number of likely N-dealkylation sites (tertiary alicyclic amines) is 1. The van der Waals surface area contributed by atoms with Crippen LogP contribution in [-0.2, 0) is 25.8 Å². The van der Waals surface area contributed by atoms with E-state index in [9.17, 15) is 19.2 Å². The number of hydrazine groups is 1. The highest BCUT2D eigenvalue weighted by Crippen LogP contribution is 2.30. The van der Waals surface area contributed by atoms with Crippen molar-refractivity contribution in [2.24, 2.45) is 5.92 Å². The van der Waals surface area contributed by atoms with Crippen LogP contribution in [0.5, 0.6) is 0 Å². The fourth-order valence-electron chi connectivity index (χ4n) is 4.75. The number of rotatable bonds is 5. The molecule has 0 aliphatic carbocycles. The predicted octanol–water partition coefficient (Wildman–Crippen LogP) is 2.18. The van der Waals surface area contributed by atoms with Crippen molar-refractivity contribution in [2.45, 2.75) is 70.7 Å². The first-order chi connectivity index (χ1) is 17.1. The average Bonchev–Trinajstić information content (AvgIpc) is 3.09. The van der Waals surface area contributed by atoms with Gasteiger partial charge in [0.25, 0.3) is 5.91 Å². The highest BCUT2D eigenvalue weighted by molar-refractivity contribution is 5.90. The number of carbonyl (C=O) groups excluding carboxylic acids is 4. The molecule has 11 nitrogen and oxygen atoms in total. The molecule has 5 amide bonds. The fourth-order valence-corrected chi connectivity index (χ4v) is 4.75. The van der Waals surface area contributed by atoms with Gasteiger partial charge in [0.1, 0.15) is 18.2 Å². The van der Waals surface area contributed by atoms with Gasteiger partial charge in [0.05, 0.1) is 6.04 Å². The molecule has 3 fully saturated rings. The second kappa shape index (κ2) is 10.7. The number of urea groups is 1. The topological polar surface area (TPSA) is 121 Å².